The molecule has 1 aliphatic heterocycles. The van der Waals surface area contributed by atoms with Crippen LogP contribution in [0.3, 0.4) is 0 Å². The molecular weight excluding hydrogens is 317 g/mol. The minimum Gasteiger partial charge on any atom is -0.404 e. The minimum atomic E-state index is -3.42. The zero-order chi connectivity index (χ0) is 15.3. The Bertz CT molecular complexity index is 587. The van der Waals surface area contributed by atoms with Gasteiger partial charge in [-0.15, -0.1) is 0 Å². The monoisotopic (exact) mass is 335 g/mol. The Kier molecular flexibility index (Phi) is 5.08. The van der Waals surface area contributed by atoms with Crippen molar-refractivity contribution in [2.75, 3.05) is 24.6 Å². The lowest BCUT2D eigenvalue weighted by molar-refractivity contribution is 0.294. The van der Waals surface area contributed by atoms with Gasteiger partial charge in [0.2, 0.25) is 0 Å². The van der Waals surface area contributed by atoms with Crippen molar-refractivity contribution in [3.05, 3.63) is 60.7 Å². The number of benzene rings is 2. The first-order valence-electron chi connectivity index (χ1n) is 7.19. The van der Waals surface area contributed by atoms with Gasteiger partial charge in [0, 0.05) is 24.6 Å². The third-order valence-electron chi connectivity index (χ3n) is 3.26. The van der Waals surface area contributed by atoms with Gasteiger partial charge in [0.25, 0.3) is 0 Å². The van der Waals surface area contributed by atoms with Crippen molar-refractivity contribution >= 4 is 19.5 Å². The zero-order valence-corrected chi connectivity index (χ0v) is 13.8. The molecule has 0 saturated carbocycles. The van der Waals surface area contributed by atoms with Crippen LogP contribution in [0.1, 0.15) is 0 Å². The largest absolute Gasteiger partial charge is 0.515 e. The van der Waals surface area contributed by atoms with E-state index in [0.29, 0.717) is 24.6 Å². The summed E-state index contributed by atoms with van der Waals surface area (Å²) in [6.45, 7) is 1.39. The molecule has 1 heterocycles. The summed E-state index contributed by atoms with van der Waals surface area (Å²) in [5, 5.41) is 0. The van der Waals surface area contributed by atoms with Crippen molar-refractivity contribution in [3.63, 3.8) is 0 Å². The van der Waals surface area contributed by atoms with Crippen molar-refractivity contribution in [2.45, 2.75) is 0 Å². The highest BCUT2D eigenvalue weighted by Crippen LogP contribution is 2.52. The van der Waals surface area contributed by atoms with Crippen LogP contribution in [0, 0.1) is 0 Å². The quantitative estimate of drug-likeness (QED) is 0.762. The maximum atomic E-state index is 13.4. The van der Waals surface area contributed by atoms with E-state index in [0.717, 1.165) is 11.5 Å². The summed E-state index contributed by atoms with van der Waals surface area (Å²) in [6, 6.07) is 18.4. The Morgan fingerprint density at radius 1 is 0.818 bits per heavy atom. The molecule has 0 aromatic heterocycles. The molecule has 0 aliphatic carbocycles. The molecule has 2 aromatic rings. The van der Waals surface area contributed by atoms with Gasteiger partial charge >= 0.3 is 7.75 Å². The van der Waals surface area contributed by atoms with Gasteiger partial charge in [-0.25, -0.2) is 4.57 Å². The summed E-state index contributed by atoms with van der Waals surface area (Å²) in [6.07, 6.45) is 0. The van der Waals surface area contributed by atoms with E-state index in [1.54, 1.807) is 24.3 Å². The number of hydrogen-bond donors (Lipinski definition) is 0. The minimum absolute atomic E-state index is 0.556. The Morgan fingerprint density at radius 2 is 1.27 bits per heavy atom. The normalized spacial score (nSPS) is 16.2. The predicted molar refractivity (Wildman–Crippen MR) is 90.6 cm³/mol. The fourth-order valence-corrected chi connectivity index (χ4v) is 5.07. The van der Waals surface area contributed by atoms with Crippen LogP contribution in [0.5, 0.6) is 11.5 Å². The number of rotatable bonds is 5. The average molecular weight is 335 g/mol. The Hall–Kier alpha value is -1.42. The van der Waals surface area contributed by atoms with Crippen molar-refractivity contribution in [1.29, 1.82) is 0 Å². The highest BCUT2D eigenvalue weighted by molar-refractivity contribution is 7.99. The molecule has 4 nitrogen and oxygen atoms in total. The SMILES string of the molecule is O=P(Oc1ccccc1)(Oc1ccccc1)N1CCSCC1. The lowest BCUT2D eigenvalue weighted by Crippen LogP contribution is -2.33. The van der Waals surface area contributed by atoms with E-state index in [2.05, 4.69) is 0 Å². The van der Waals surface area contributed by atoms with E-state index in [4.69, 9.17) is 9.05 Å². The molecule has 0 N–H and O–H groups in total. The molecule has 0 spiro atoms. The lowest BCUT2D eigenvalue weighted by atomic mass is 10.3. The zero-order valence-electron chi connectivity index (χ0n) is 12.1. The van der Waals surface area contributed by atoms with Crippen molar-refractivity contribution in [1.82, 2.24) is 4.67 Å². The molecule has 1 saturated heterocycles. The van der Waals surface area contributed by atoms with Gasteiger partial charge < -0.3 is 9.05 Å². The van der Waals surface area contributed by atoms with Crippen LogP contribution in [-0.2, 0) is 4.57 Å². The molecule has 0 radical (unpaired) electrons. The predicted octanol–water partition coefficient (Wildman–Crippen LogP) is 4.30. The summed E-state index contributed by atoms with van der Waals surface area (Å²) < 4.78 is 26.8. The van der Waals surface area contributed by atoms with Crippen LogP contribution in [-0.4, -0.2) is 29.3 Å². The van der Waals surface area contributed by atoms with E-state index in [-0.39, 0.29) is 0 Å². The second-order valence-electron chi connectivity index (χ2n) is 4.84. The van der Waals surface area contributed by atoms with Gasteiger partial charge in [-0.2, -0.15) is 16.4 Å². The molecular formula is C16H18NO3PS. The average Bonchev–Trinajstić information content (AvgIpc) is 2.57. The molecule has 0 amide bonds. The highest BCUT2D eigenvalue weighted by atomic mass is 32.2. The molecule has 6 heteroatoms. The van der Waals surface area contributed by atoms with Gasteiger partial charge in [-0.3, -0.25) is 0 Å². The number of thioether (sulfide) groups is 1. The van der Waals surface area contributed by atoms with Gasteiger partial charge in [-0.1, -0.05) is 36.4 Å². The Balaban J connectivity index is 1.85. The standard InChI is InChI=1S/C16H18NO3PS/c18-21(17-11-13-22-14-12-17,19-15-7-3-1-4-8-15)20-16-9-5-2-6-10-16/h1-10H,11-14H2. The van der Waals surface area contributed by atoms with Gasteiger partial charge in [-0.05, 0) is 24.3 Å². The smallest absolute Gasteiger partial charge is 0.404 e. The summed E-state index contributed by atoms with van der Waals surface area (Å²) in [5.41, 5.74) is 0. The second-order valence-corrected chi connectivity index (χ2v) is 7.94. The first kappa shape index (κ1) is 15.5. The number of hydrogen-bond acceptors (Lipinski definition) is 4. The highest BCUT2D eigenvalue weighted by Gasteiger charge is 2.38. The fourth-order valence-electron chi connectivity index (χ4n) is 2.16. The van der Waals surface area contributed by atoms with E-state index in [1.165, 1.54) is 0 Å². The number of para-hydroxylation sites is 2. The first-order chi connectivity index (χ1) is 10.8. The van der Waals surface area contributed by atoms with Gasteiger partial charge in [0.15, 0.2) is 0 Å². The summed E-state index contributed by atoms with van der Waals surface area (Å²) in [7, 11) is -3.42. The lowest BCUT2D eigenvalue weighted by Gasteiger charge is -2.32. The van der Waals surface area contributed by atoms with Gasteiger partial charge in [0.1, 0.15) is 11.5 Å². The third kappa shape index (κ3) is 3.86. The van der Waals surface area contributed by atoms with Crippen molar-refractivity contribution in [2.24, 2.45) is 0 Å². The van der Waals surface area contributed by atoms with E-state index in [9.17, 15) is 4.57 Å². The molecule has 0 bridgehead atoms. The van der Waals surface area contributed by atoms with E-state index < -0.39 is 7.75 Å². The van der Waals surface area contributed by atoms with Crippen LogP contribution >= 0.6 is 19.5 Å². The molecule has 0 unspecified atom stereocenters. The Labute approximate surface area is 135 Å². The maximum Gasteiger partial charge on any atom is 0.515 e. The molecule has 0 atom stereocenters. The van der Waals surface area contributed by atoms with Crippen LogP contribution in [0.25, 0.3) is 0 Å². The molecule has 1 fully saturated rings. The third-order valence-corrected chi connectivity index (χ3v) is 6.18. The van der Waals surface area contributed by atoms with Crippen LogP contribution in [0.4, 0.5) is 0 Å². The van der Waals surface area contributed by atoms with Crippen LogP contribution < -0.4 is 9.05 Å². The van der Waals surface area contributed by atoms with Crippen molar-refractivity contribution in [3.8, 4) is 11.5 Å². The van der Waals surface area contributed by atoms with Crippen molar-refractivity contribution < 1.29 is 13.6 Å². The number of nitrogens with zero attached hydrogens (tertiary/aromatic N) is 1. The van der Waals surface area contributed by atoms with E-state index >= 15 is 0 Å². The summed E-state index contributed by atoms with van der Waals surface area (Å²) >= 11 is 1.85. The molecule has 2 aromatic carbocycles. The molecule has 116 valence electrons. The fraction of sp³-hybridized carbons (Fsp3) is 0.250. The molecule has 22 heavy (non-hydrogen) atoms. The summed E-state index contributed by atoms with van der Waals surface area (Å²) in [5.74, 6) is 2.97. The molecule has 3 rings (SSSR count). The van der Waals surface area contributed by atoms with Gasteiger partial charge in [0.05, 0.1) is 0 Å². The van der Waals surface area contributed by atoms with Crippen LogP contribution in [0.2, 0.25) is 0 Å². The molecule has 1 aliphatic rings. The second kappa shape index (κ2) is 7.23. The van der Waals surface area contributed by atoms with E-state index in [1.807, 2.05) is 52.8 Å². The topological polar surface area (TPSA) is 38.8 Å². The Morgan fingerprint density at radius 3 is 1.73 bits per heavy atom. The van der Waals surface area contributed by atoms with Crippen LogP contribution in [0.15, 0.2) is 60.7 Å². The summed E-state index contributed by atoms with van der Waals surface area (Å²) in [4.78, 5) is 0. The maximum absolute atomic E-state index is 13.4. The first-order valence-corrected chi connectivity index (χ1v) is 9.84.